The van der Waals surface area contributed by atoms with Crippen molar-refractivity contribution >= 4 is 6.41 Å². The summed E-state index contributed by atoms with van der Waals surface area (Å²) in [5, 5.41) is 16.9. The molecule has 6 heteroatoms. The normalized spacial score (nSPS) is 22.8. The molecule has 1 amide bonds. The van der Waals surface area contributed by atoms with Gasteiger partial charge in [-0.05, 0) is 0 Å². The number of carbonyl (C=O) groups excluding carboxylic acids is 1. The number of rotatable bonds is 1. The van der Waals surface area contributed by atoms with Crippen molar-refractivity contribution in [3.63, 3.8) is 0 Å². The molecule has 0 spiro atoms. The lowest BCUT2D eigenvalue weighted by Gasteiger charge is -2.19. The molecule has 0 unspecified atom stereocenters. The Labute approximate surface area is 83.8 Å². The Hall–Kier alpha value is -0.690. The van der Waals surface area contributed by atoms with Crippen LogP contribution in [0.4, 0.5) is 0 Å². The molecule has 1 aliphatic rings. The average Bonchev–Trinajstić information content (AvgIpc) is 2.24. The van der Waals surface area contributed by atoms with Crippen molar-refractivity contribution in [1.29, 1.82) is 0 Å². The molecule has 0 aromatic carbocycles. The Morgan fingerprint density at radius 1 is 1.07 bits per heavy atom. The first kappa shape index (κ1) is 11.4. The van der Waals surface area contributed by atoms with Crippen LogP contribution in [0.1, 0.15) is 0 Å². The van der Waals surface area contributed by atoms with Gasteiger partial charge >= 0.3 is 0 Å². The highest BCUT2D eigenvalue weighted by Crippen LogP contribution is 1.87. The van der Waals surface area contributed by atoms with Gasteiger partial charge in [-0.1, -0.05) is 0 Å². The van der Waals surface area contributed by atoms with Crippen molar-refractivity contribution in [2.24, 2.45) is 0 Å². The predicted octanol–water partition coefficient (Wildman–Crippen LogP) is -1.71. The first-order chi connectivity index (χ1) is 6.83. The third-order valence-corrected chi connectivity index (χ3v) is 2.17. The fourth-order valence-corrected chi connectivity index (χ4v) is 1.27. The van der Waals surface area contributed by atoms with Crippen LogP contribution in [-0.4, -0.2) is 67.5 Å². The lowest BCUT2D eigenvalue weighted by molar-refractivity contribution is -0.121. The second-order valence-electron chi connectivity index (χ2n) is 3.27. The van der Waals surface area contributed by atoms with Crippen molar-refractivity contribution in [2.75, 3.05) is 45.9 Å². The van der Waals surface area contributed by atoms with Crippen LogP contribution in [0.3, 0.4) is 0 Å². The van der Waals surface area contributed by atoms with Crippen LogP contribution in [0.25, 0.3) is 0 Å². The van der Waals surface area contributed by atoms with E-state index in [0.717, 1.165) is 19.5 Å². The third-order valence-electron chi connectivity index (χ3n) is 2.17. The molecule has 1 fully saturated rings. The maximum absolute atomic E-state index is 10.6. The molecular formula is C8H18N4O2. The van der Waals surface area contributed by atoms with Gasteiger partial charge < -0.3 is 20.7 Å². The number of nitrogens with zero attached hydrogens (tertiary/aromatic N) is 2. The van der Waals surface area contributed by atoms with Gasteiger partial charge in [-0.3, -0.25) is 4.79 Å². The van der Waals surface area contributed by atoms with E-state index in [1.165, 1.54) is 5.06 Å². The summed E-state index contributed by atoms with van der Waals surface area (Å²) in [7, 11) is 0. The van der Waals surface area contributed by atoms with Gasteiger partial charge in [0.05, 0.1) is 0 Å². The van der Waals surface area contributed by atoms with Crippen molar-refractivity contribution < 1.29 is 10.0 Å². The van der Waals surface area contributed by atoms with Gasteiger partial charge in [-0.25, -0.2) is 0 Å². The lowest BCUT2D eigenvalue weighted by Crippen LogP contribution is -2.36. The van der Waals surface area contributed by atoms with Crippen LogP contribution >= 0.6 is 0 Å². The molecule has 6 nitrogen and oxygen atoms in total. The Balaban J connectivity index is 2.33. The van der Waals surface area contributed by atoms with Gasteiger partial charge in [-0.15, -0.1) is 0 Å². The Kier molecular flexibility index (Phi) is 5.46. The molecular weight excluding hydrogens is 184 g/mol. The first-order valence-corrected chi connectivity index (χ1v) is 4.87. The van der Waals surface area contributed by atoms with E-state index in [1.54, 1.807) is 4.90 Å². The van der Waals surface area contributed by atoms with Crippen LogP contribution < -0.4 is 10.6 Å². The zero-order valence-electron chi connectivity index (χ0n) is 8.28. The van der Waals surface area contributed by atoms with Gasteiger partial charge in [0.2, 0.25) is 6.41 Å². The fourth-order valence-electron chi connectivity index (χ4n) is 1.27. The maximum atomic E-state index is 10.6. The van der Waals surface area contributed by atoms with Crippen LogP contribution in [0.2, 0.25) is 0 Å². The van der Waals surface area contributed by atoms with E-state index >= 15 is 0 Å². The highest BCUT2D eigenvalue weighted by molar-refractivity contribution is 5.46. The number of hydrogen-bond donors (Lipinski definition) is 3. The Morgan fingerprint density at radius 2 is 1.79 bits per heavy atom. The highest BCUT2D eigenvalue weighted by atomic mass is 16.5. The molecule has 14 heavy (non-hydrogen) atoms. The third kappa shape index (κ3) is 4.52. The Morgan fingerprint density at radius 3 is 2.50 bits per heavy atom. The van der Waals surface area contributed by atoms with Crippen molar-refractivity contribution in [3.05, 3.63) is 0 Å². The van der Waals surface area contributed by atoms with Gasteiger partial charge in [0, 0.05) is 45.9 Å². The van der Waals surface area contributed by atoms with Crippen molar-refractivity contribution in [2.45, 2.75) is 0 Å². The molecule has 0 aromatic heterocycles. The number of hydroxylamine groups is 2. The summed E-state index contributed by atoms with van der Waals surface area (Å²) in [6, 6.07) is 0. The van der Waals surface area contributed by atoms with Crippen LogP contribution in [-0.2, 0) is 4.79 Å². The van der Waals surface area contributed by atoms with E-state index in [4.69, 9.17) is 0 Å². The summed E-state index contributed by atoms with van der Waals surface area (Å²) in [6.07, 6.45) is 0.820. The molecule has 0 bridgehead atoms. The van der Waals surface area contributed by atoms with Crippen LogP contribution in [0, 0.1) is 0 Å². The quantitative estimate of drug-likeness (QED) is 0.442. The zero-order valence-corrected chi connectivity index (χ0v) is 8.28. The van der Waals surface area contributed by atoms with E-state index in [2.05, 4.69) is 10.6 Å². The average molecular weight is 202 g/mol. The minimum Gasteiger partial charge on any atom is -0.343 e. The van der Waals surface area contributed by atoms with Crippen molar-refractivity contribution in [3.8, 4) is 0 Å². The second-order valence-corrected chi connectivity index (χ2v) is 3.27. The van der Waals surface area contributed by atoms with E-state index in [1.807, 2.05) is 0 Å². The number of nitrogens with one attached hydrogen (secondary N) is 2. The lowest BCUT2D eigenvalue weighted by atomic mass is 10.5. The van der Waals surface area contributed by atoms with E-state index in [0.29, 0.717) is 32.8 Å². The van der Waals surface area contributed by atoms with E-state index < -0.39 is 0 Å². The molecule has 1 aliphatic heterocycles. The molecule has 1 heterocycles. The topological polar surface area (TPSA) is 67.8 Å². The molecule has 0 saturated carbocycles. The summed E-state index contributed by atoms with van der Waals surface area (Å²) in [6.45, 7) is 4.55. The molecule has 0 aromatic rings. The maximum Gasteiger partial charge on any atom is 0.209 e. The SMILES string of the molecule is O=CN1CCNCNCCN(O)CC1. The number of amides is 1. The van der Waals surface area contributed by atoms with Gasteiger partial charge in [0.1, 0.15) is 0 Å². The minimum absolute atomic E-state index is 0.500. The summed E-state index contributed by atoms with van der Waals surface area (Å²) in [5.41, 5.74) is 0. The highest BCUT2D eigenvalue weighted by Gasteiger charge is 2.06. The summed E-state index contributed by atoms with van der Waals surface area (Å²) < 4.78 is 0. The van der Waals surface area contributed by atoms with Crippen LogP contribution in [0.5, 0.6) is 0 Å². The molecule has 0 aliphatic carbocycles. The summed E-state index contributed by atoms with van der Waals surface area (Å²) in [5.74, 6) is 0. The van der Waals surface area contributed by atoms with Gasteiger partial charge in [-0.2, -0.15) is 5.06 Å². The summed E-state index contributed by atoms with van der Waals surface area (Å²) >= 11 is 0. The Bertz CT molecular complexity index is 167. The first-order valence-electron chi connectivity index (χ1n) is 4.87. The van der Waals surface area contributed by atoms with Gasteiger partial charge in [0.15, 0.2) is 0 Å². The predicted molar refractivity (Wildman–Crippen MR) is 51.9 cm³/mol. The molecule has 82 valence electrons. The zero-order chi connectivity index (χ0) is 10.2. The standard InChI is InChI=1S/C8H18N4O2/c13-8-11-3-1-9-7-10-2-4-12(14)6-5-11/h8-10,14H,1-7H2. The van der Waals surface area contributed by atoms with Crippen LogP contribution in [0.15, 0.2) is 0 Å². The molecule has 0 radical (unpaired) electrons. The van der Waals surface area contributed by atoms with Crippen molar-refractivity contribution in [1.82, 2.24) is 20.6 Å². The van der Waals surface area contributed by atoms with E-state index in [-0.39, 0.29) is 0 Å². The molecule has 0 atom stereocenters. The fraction of sp³-hybridized carbons (Fsp3) is 0.875. The smallest absolute Gasteiger partial charge is 0.209 e. The minimum atomic E-state index is 0.500. The molecule has 1 rings (SSSR count). The monoisotopic (exact) mass is 202 g/mol. The number of carbonyl (C=O) groups is 1. The second kappa shape index (κ2) is 6.72. The summed E-state index contributed by atoms with van der Waals surface area (Å²) in [4.78, 5) is 12.3. The van der Waals surface area contributed by atoms with E-state index in [9.17, 15) is 10.0 Å². The molecule has 1 saturated heterocycles. The van der Waals surface area contributed by atoms with Gasteiger partial charge in [0.25, 0.3) is 0 Å². The number of hydrogen-bond acceptors (Lipinski definition) is 5. The molecule has 3 N–H and O–H groups in total. The largest absolute Gasteiger partial charge is 0.343 e.